The lowest BCUT2D eigenvalue weighted by molar-refractivity contribution is -0.110. The van der Waals surface area contributed by atoms with Gasteiger partial charge in [-0.15, -0.1) is 0 Å². The third-order valence-corrected chi connectivity index (χ3v) is 3.83. The van der Waals surface area contributed by atoms with E-state index >= 15 is 0 Å². The minimum absolute atomic E-state index is 0.280. The first kappa shape index (κ1) is 17.2. The van der Waals surface area contributed by atoms with Gasteiger partial charge in [0, 0.05) is 10.6 Å². The zero-order valence-corrected chi connectivity index (χ0v) is 14.6. The van der Waals surface area contributed by atoms with Crippen LogP contribution in [0.1, 0.15) is 29.8 Å². The molecule has 0 saturated carbocycles. The Morgan fingerprint density at radius 2 is 1.92 bits per heavy atom. The molecule has 5 nitrogen and oxygen atoms in total. The van der Waals surface area contributed by atoms with Crippen LogP contribution < -0.4 is 5.32 Å². The van der Waals surface area contributed by atoms with E-state index in [2.05, 4.69) is 10.3 Å². The highest BCUT2D eigenvalue weighted by Crippen LogP contribution is 2.28. The van der Waals surface area contributed by atoms with Gasteiger partial charge in [-0.3, -0.25) is 4.79 Å². The lowest BCUT2D eigenvalue weighted by Crippen LogP contribution is -2.14. The normalized spacial score (nSPS) is 14.6. The summed E-state index contributed by atoms with van der Waals surface area (Å²) in [7, 11) is 0. The lowest BCUT2D eigenvalue weighted by Gasteiger charge is -2.07. The maximum Gasteiger partial charge on any atom is 0.338 e. The predicted octanol–water partition coefficient (Wildman–Crippen LogP) is 4.23. The smallest absolute Gasteiger partial charge is 0.338 e. The quantitative estimate of drug-likeness (QED) is 0.834. The molecule has 0 spiro atoms. The molecule has 1 N–H and O–H groups in total. The molecule has 1 aliphatic heterocycles. The Balaban J connectivity index is 1.82. The summed E-state index contributed by atoms with van der Waals surface area (Å²) in [6.07, 6.45) is 0. The number of nitrogens with zero attached hydrogens (tertiary/aromatic N) is 1. The van der Waals surface area contributed by atoms with Gasteiger partial charge in [0.25, 0.3) is 5.91 Å². The molecule has 25 heavy (non-hydrogen) atoms. The first-order valence-electron chi connectivity index (χ1n) is 7.91. The number of ether oxygens (including phenoxy) is 1. The molecule has 0 unspecified atom stereocenters. The van der Waals surface area contributed by atoms with E-state index in [-0.39, 0.29) is 17.8 Å². The summed E-state index contributed by atoms with van der Waals surface area (Å²) in [5.74, 6) is -0.372. The van der Waals surface area contributed by atoms with Gasteiger partial charge in [0.05, 0.1) is 23.5 Å². The molecule has 1 aliphatic rings. The average Bonchev–Trinajstić information content (AvgIpc) is 2.88. The van der Waals surface area contributed by atoms with Crippen molar-refractivity contribution in [3.8, 4) is 0 Å². The molecular formula is C19H17ClN2O3. The van der Waals surface area contributed by atoms with Gasteiger partial charge < -0.3 is 10.1 Å². The van der Waals surface area contributed by atoms with Crippen LogP contribution in [0.3, 0.4) is 0 Å². The van der Waals surface area contributed by atoms with Gasteiger partial charge in [-0.2, -0.15) is 0 Å². The Labute approximate surface area is 150 Å². The molecule has 6 heteroatoms. The molecule has 1 amide bonds. The fourth-order valence-corrected chi connectivity index (χ4v) is 2.54. The average molecular weight is 357 g/mol. The van der Waals surface area contributed by atoms with Crippen molar-refractivity contribution in [2.45, 2.75) is 13.8 Å². The van der Waals surface area contributed by atoms with E-state index in [9.17, 15) is 9.59 Å². The van der Waals surface area contributed by atoms with Gasteiger partial charge in [-0.1, -0.05) is 25.4 Å². The van der Waals surface area contributed by atoms with Crippen LogP contribution in [0, 0.1) is 5.92 Å². The first-order valence-corrected chi connectivity index (χ1v) is 8.29. The standard InChI is InChI=1S/C19H17ClN2O3/c1-11(2)10-25-19(24)12-3-6-14(7-4-12)21-17-15-9-13(20)5-8-16(15)22-18(17)23/h3-9,11H,10H2,1-2H3,(H,21,22,23). The van der Waals surface area contributed by atoms with Crippen molar-refractivity contribution in [2.24, 2.45) is 10.9 Å². The van der Waals surface area contributed by atoms with Gasteiger partial charge in [0.2, 0.25) is 0 Å². The fourth-order valence-electron chi connectivity index (χ4n) is 2.36. The number of aliphatic imine (C=N–C) groups is 1. The molecule has 0 saturated heterocycles. The molecule has 2 aromatic rings. The number of esters is 1. The van der Waals surface area contributed by atoms with Crippen molar-refractivity contribution in [1.29, 1.82) is 0 Å². The molecule has 1 heterocycles. The number of rotatable bonds is 4. The Bertz CT molecular complexity index is 857. The van der Waals surface area contributed by atoms with E-state index in [1.165, 1.54) is 0 Å². The molecule has 0 fully saturated rings. The summed E-state index contributed by atoms with van der Waals surface area (Å²) in [4.78, 5) is 28.4. The third kappa shape index (κ3) is 3.88. The van der Waals surface area contributed by atoms with Crippen LogP contribution in [0.15, 0.2) is 47.5 Å². The summed E-state index contributed by atoms with van der Waals surface area (Å²) < 4.78 is 5.19. The molecule has 0 aliphatic carbocycles. The van der Waals surface area contributed by atoms with Crippen molar-refractivity contribution in [3.05, 3.63) is 58.6 Å². The van der Waals surface area contributed by atoms with Crippen LogP contribution in [0.5, 0.6) is 0 Å². The fraction of sp³-hybridized carbons (Fsp3) is 0.211. The third-order valence-electron chi connectivity index (χ3n) is 3.59. The van der Waals surface area contributed by atoms with Crippen molar-refractivity contribution in [2.75, 3.05) is 11.9 Å². The van der Waals surface area contributed by atoms with Crippen LogP contribution in [0.25, 0.3) is 0 Å². The second-order valence-corrected chi connectivity index (χ2v) is 6.58. The second-order valence-electron chi connectivity index (χ2n) is 6.14. The van der Waals surface area contributed by atoms with E-state index < -0.39 is 0 Å². The number of fused-ring (bicyclic) bond motifs is 1. The highest BCUT2D eigenvalue weighted by molar-refractivity contribution is 6.54. The Morgan fingerprint density at radius 1 is 1.20 bits per heavy atom. The molecule has 2 aromatic carbocycles. The molecule has 0 bridgehead atoms. The van der Waals surface area contributed by atoms with E-state index in [0.717, 1.165) is 0 Å². The van der Waals surface area contributed by atoms with Crippen LogP contribution in [-0.2, 0) is 9.53 Å². The summed E-state index contributed by atoms with van der Waals surface area (Å²) in [5, 5.41) is 3.28. The zero-order chi connectivity index (χ0) is 18.0. The van der Waals surface area contributed by atoms with Gasteiger partial charge in [-0.05, 0) is 48.4 Å². The minimum atomic E-state index is -0.372. The molecule has 128 valence electrons. The zero-order valence-electron chi connectivity index (χ0n) is 13.9. The van der Waals surface area contributed by atoms with Crippen LogP contribution >= 0.6 is 11.6 Å². The van der Waals surface area contributed by atoms with Crippen molar-refractivity contribution < 1.29 is 14.3 Å². The van der Waals surface area contributed by atoms with Crippen LogP contribution in [0.2, 0.25) is 5.02 Å². The number of anilines is 1. The van der Waals surface area contributed by atoms with E-state index in [1.807, 2.05) is 13.8 Å². The SMILES string of the molecule is CC(C)COC(=O)c1ccc(N=C2C(=O)Nc3ccc(Cl)cc32)cc1. The summed E-state index contributed by atoms with van der Waals surface area (Å²) in [5.41, 5.74) is 2.66. The van der Waals surface area contributed by atoms with E-state index in [1.54, 1.807) is 42.5 Å². The number of hydrogen-bond donors (Lipinski definition) is 1. The van der Waals surface area contributed by atoms with Gasteiger partial charge in [-0.25, -0.2) is 9.79 Å². The highest BCUT2D eigenvalue weighted by Gasteiger charge is 2.26. The Morgan fingerprint density at radius 3 is 2.60 bits per heavy atom. The van der Waals surface area contributed by atoms with Crippen molar-refractivity contribution in [3.63, 3.8) is 0 Å². The number of hydrogen-bond acceptors (Lipinski definition) is 4. The highest BCUT2D eigenvalue weighted by atomic mass is 35.5. The van der Waals surface area contributed by atoms with Gasteiger partial charge in [0.1, 0.15) is 5.71 Å². The summed E-state index contributed by atoms with van der Waals surface area (Å²) in [6.45, 7) is 4.33. The second kappa shape index (κ2) is 7.07. The lowest BCUT2D eigenvalue weighted by atomic mass is 10.1. The number of nitrogens with one attached hydrogen (secondary N) is 1. The first-order chi connectivity index (χ1) is 11.9. The summed E-state index contributed by atoms with van der Waals surface area (Å²) >= 11 is 6.00. The number of benzene rings is 2. The van der Waals surface area contributed by atoms with E-state index in [0.29, 0.717) is 39.8 Å². The van der Waals surface area contributed by atoms with Crippen LogP contribution in [0.4, 0.5) is 11.4 Å². The largest absolute Gasteiger partial charge is 0.462 e. The molecule has 0 atom stereocenters. The van der Waals surface area contributed by atoms with Gasteiger partial charge in [0.15, 0.2) is 0 Å². The van der Waals surface area contributed by atoms with Crippen LogP contribution in [-0.4, -0.2) is 24.2 Å². The summed E-state index contributed by atoms with van der Waals surface area (Å²) in [6, 6.07) is 11.8. The van der Waals surface area contributed by atoms with Crippen molar-refractivity contribution in [1.82, 2.24) is 0 Å². The number of halogens is 1. The van der Waals surface area contributed by atoms with Gasteiger partial charge >= 0.3 is 5.97 Å². The topological polar surface area (TPSA) is 67.8 Å². The maximum absolute atomic E-state index is 12.1. The monoisotopic (exact) mass is 356 g/mol. The molecule has 3 rings (SSSR count). The molecule has 0 aromatic heterocycles. The predicted molar refractivity (Wildman–Crippen MR) is 97.8 cm³/mol. The Hall–Kier alpha value is -2.66. The van der Waals surface area contributed by atoms with Crippen molar-refractivity contribution >= 4 is 40.6 Å². The Kier molecular flexibility index (Phi) is 4.86. The number of carbonyl (C=O) groups excluding carboxylic acids is 2. The minimum Gasteiger partial charge on any atom is -0.462 e. The maximum atomic E-state index is 12.1. The van der Waals surface area contributed by atoms with E-state index in [4.69, 9.17) is 16.3 Å². The number of carbonyl (C=O) groups is 2. The number of amides is 1. The molecular weight excluding hydrogens is 340 g/mol. The molecule has 0 radical (unpaired) electrons.